The van der Waals surface area contributed by atoms with Gasteiger partial charge in [0.2, 0.25) is 0 Å². The van der Waals surface area contributed by atoms with Crippen LogP contribution >= 0.6 is 15.9 Å². The van der Waals surface area contributed by atoms with Crippen LogP contribution in [-0.2, 0) is 6.54 Å². The number of para-hydroxylation sites is 2. The predicted molar refractivity (Wildman–Crippen MR) is 102 cm³/mol. The summed E-state index contributed by atoms with van der Waals surface area (Å²) < 4.78 is 14.8. The summed E-state index contributed by atoms with van der Waals surface area (Å²) in [7, 11) is 0. The number of phenolic OH excluding ortho intramolecular Hbond substituents is 1. The molecule has 4 nitrogen and oxygen atoms in total. The topological polar surface area (TPSA) is 56.6 Å². The Kier molecular flexibility index (Phi) is 5.91. The zero-order valence-electron chi connectivity index (χ0n) is 13.8. The quantitative estimate of drug-likeness (QED) is 0.389. The van der Waals surface area contributed by atoms with E-state index in [1.165, 1.54) is 18.9 Å². The summed E-state index contributed by atoms with van der Waals surface area (Å²) in [5.74, 6) is 0.416. The van der Waals surface area contributed by atoms with Crippen LogP contribution in [0, 0.1) is 5.82 Å². The molecule has 0 bridgehead atoms. The number of hydrogen-bond acceptors (Lipinski definition) is 2. The van der Waals surface area contributed by atoms with E-state index < -0.39 is 0 Å². The molecule has 0 radical (unpaired) electrons. The number of guanidine groups is 1. The highest BCUT2D eigenvalue weighted by molar-refractivity contribution is 9.10. The lowest BCUT2D eigenvalue weighted by Crippen LogP contribution is -2.37. The van der Waals surface area contributed by atoms with Crippen molar-refractivity contribution >= 4 is 27.6 Å². The number of nitrogens with one attached hydrogen (secondary N) is 2. The third-order valence-electron chi connectivity index (χ3n) is 4.27. The first-order chi connectivity index (χ1) is 12.1. The summed E-state index contributed by atoms with van der Waals surface area (Å²) in [4.78, 5) is 4.52. The SMILES string of the molecule is Oc1ccccc1NC(=NCc1cc(Br)ccc1F)NC1CCCC1. The van der Waals surface area contributed by atoms with Crippen molar-refractivity contribution in [2.45, 2.75) is 38.3 Å². The summed E-state index contributed by atoms with van der Waals surface area (Å²) in [6, 6.07) is 12.2. The molecule has 25 heavy (non-hydrogen) atoms. The molecular formula is C19H21BrFN3O. The molecule has 2 aromatic rings. The smallest absolute Gasteiger partial charge is 0.196 e. The fourth-order valence-electron chi connectivity index (χ4n) is 2.92. The van der Waals surface area contributed by atoms with E-state index >= 15 is 0 Å². The van der Waals surface area contributed by atoms with Gasteiger partial charge in [-0.05, 0) is 43.2 Å². The molecule has 0 heterocycles. The van der Waals surface area contributed by atoms with Crippen molar-refractivity contribution in [2.24, 2.45) is 4.99 Å². The molecular weight excluding hydrogens is 385 g/mol. The van der Waals surface area contributed by atoms with Crippen LogP contribution in [0.2, 0.25) is 0 Å². The Balaban J connectivity index is 1.79. The Morgan fingerprint density at radius 2 is 1.96 bits per heavy atom. The van der Waals surface area contributed by atoms with Crippen molar-refractivity contribution in [3.63, 3.8) is 0 Å². The Labute approximate surface area is 155 Å². The van der Waals surface area contributed by atoms with E-state index in [2.05, 4.69) is 31.6 Å². The van der Waals surface area contributed by atoms with Gasteiger partial charge in [0.15, 0.2) is 5.96 Å². The minimum absolute atomic E-state index is 0.150. The maximum atomic E-state index is 13.9. The number of rotatable bonds is 4. The van der Waals surface area contributed by atoms with Crippen LogP contribution in [0.3, 0.4) is 0 Å². The second-order valence-corrected chi connectivity index (χ2v) is 7.08. The lowest BCUT2D eigenvalue weighted by Gasteiger charge is -2.18. The Morgan fingerprint density at radius 1 is 1.20 bits per heavy atom. The number of halogens is 2. The van der Waals surface area contributed by atoms with E-state index in [0.717, 1.165) is 17.3 Å². The van der Waals surface area contributed by atoms with E-state index in [4.69, 9.17) is 0 Å². The minimum atomic E-state index is -0.283. The first kappa shape index (κ1) is 17.7. The highest BCUT2D eigenvalue weighted by Gasteiger charge is 2.17. The molecule has 3 rings (SSSR count). The van der Waals surface area contributed by atoms with Crippen molar-refractivity contribution in [3.05, 3.63) is 58.3 Å². The van der Waals surface area contributed by atoms with Gasteiger partial charge in [-0.1, -0.05) is 40.9 Å². The van der Waals surface area contributed by atoms with Crippen molar-refractivity contribution < 1.29 is 9.50 Å². The first-order valence-corrected chi connectivity index (χ1v) is 9.21. The van der Waals surface area contributed by atoms with Crippen molar-refractivity contribution in [1.29, 1.82) is 0 Å². The van der Waals surface area contributed by atoms with Crippen LogP contribution < -0.4 is 10.6 Å². The largest absolute Gasteiger partial charge is 0.506 e. The fourth-order valence-corrected chi connectivity index (χ4v) is 3.33. The molecule has 2 aromatic carbocycles. The summed E-state index contributed by atoms with van der Waals surface area (Å²) >= 11 is 3.36. The number of anilines is 1. The number of hydrogen-bond donors (Lipinski definition) is 3. The molecule has 0 amide bonds. The maximum absolute atomic E-state index is 13.9. The molecule has 3 N–H and O–H groups in total. The lowest BCUT2D eigenvalue weighted by molar-refractivity contribution is 0.477. The van der Waals surface area contributed by atoms with Crippen LogP contribution in [0.4, 0.5) is 10.1 Å². The fraction of sp³-hybridized carbons (Fsp3) is 0.316. The summed E-state index contributed by atoms with van der Waals surface area (Å²) in [5, 5.41) is 16.5. The van der Waals surface area contributed by atoms with Crippen molar-refractivity contribution in [1.82, 2.24) is 5.32 Å². The van der Waals surface area contributed by atoms with Gasteiger partial charge < -0.3 is 15.7 Å². The summed E-state index contributed by atoms with van der Waals surface area (Å²) in [5.41, 5.74) is 1.08. The van der Waals surface area contributed by atoms with Crippen molar-refractivity contribution in [2.75, 3.05) is 5.32 Å². The number of aromatic hydroxyl groups is 1. The minimum Gasteiger partial charge on any atom is -0.506 e. The van der Waals surface area contributed by atoms with Gasteiger partial charge in [0.05, 0.1) is 12.2 Å². The Hall–Kier alpha value is -2.08. The third-order valence-corrected chi connectivity index (χ3v) is 4.76. The van der Waals surface area contributed by atoms with Gasteiger partial charge in [0, 0.05) is 16.1 Å². The second kappa shape index (κ2) is 8.34. The summed E-state index contributed by atoms with van der Waals surface area (Å²) in [6.07, 6.45) is 4.57. The highest BCUT2D eigenvalue weighted by Crippen LogP contribution is 2.23. The number of nitrogens with zero attached hydrogens (tertiary/aromatic N) is 1. The molecule has 0 aromatic heterocycles. The van der Waals surface area contributed by atoms with Gasteiger partial charge in [-0.25, -0.2) is 9.38 Å². The van der Waals surface area contributed by atoms with Crippen LogP contribution in [-0.4, -0.2) is 17.1 Å². The average Bonchev–Trinajstić information content (AvgIpc) is 3.10. The van der Waals surface area contributed by atoms with Gasteiger partial charge in [-0.3, -0.25) is 0 Å². The molecule has 0 atom stereocenters. The van der Waals surface area contributed by atoms with E-state index in [9.17, 15) is 9.50 Å². The van der Waals surface area contributed by atoms with E-state index in [1.807, 2.05) is 6.07 Å². The molecule has 0 spiro atoms. The third kappa shape index (κ3) is 4.95. The van der Waals surface area contributed by atoms with Gasteiger partial charge in [-0.2, -0.15) is 0 Å². The lowest BCUT2D eigenvalue weighted by atomic mass is 10.2. The second-order valence-electron chi connectivity index (χ2n) is 6.17. The van der Waals surface area contributed by atoms with Crippen LogP contribution in [0.5, 0.6) is 5.75 Å². The maximum Gasteiger partial charge on any atom is 0.196 e. The molecule has 6 heteroatoms. The molecule has 0 aliphatic heterocycles. The molecule has 0 unspecified atom stereocenters. The first-order valence-electron chi connectivity index (χ1n) is 8.42. The number of phenols is 1. The van der Waals surface area contributed by atoms with E-state index in [-0.39, 0.29) is 18.1 Å². The molecule has 1 fully saturated rings. The van der Waals surface area contributed by atoms with Crippen molar-refractivity contribution in [3.8, 4) is 5.75 Å². The van der Waals surface area contributed by atoms with Gasteiger partial charge in [-0.15, -0.1) is 0 Å². The highest BCUT2D eigenvalue weighted by atomic mass is 79.9. The average molecular weight is 406 g/mol. The molecule has 1 aliphatic carbocycles. The van der Waals surface area contributed by atoms with E-state index in [0.29, 0.717) is 23.3 Å². The van der Waals surface area contributed by atoms with Gasteiger partial charge in [0.1, 0.15) is 11.6 Å². The predicted octanol–water partition coefficient (Wildman–Crippen LogP) is 4.79. The molecule has 1 saturated carbocycles. The number of benzene rings is 2. The van der Waals surface area contributed by atoms with Gasteiger partial charge in [0.25, 0.3) is 0 Å². The standard InChI is InChI=1S/C19H21BrFN3O/c20-14-9-10-16(21)13(11-14)12-22-19(23-15-5-1-2-6-15)24-17-7-3-4-8-18(17)25/h3-4,7-11,15,25H,1-2,5-6,12H2,(H2,22,23,24). The molecule has 132 valence electrons. The van der Waals surface area contributed by atoms with Crippen LogP contribution in [0.15, 0.2) is 51.9 Å². The Morgan fingerprint density at radius 3 is 2.72 bits per heavy atom. The molecule has 1 aliphatic rings. The molecule has 0 saturated heterocycles. The normalized spacial score (nSPS) is 15.4. The Bertz CT molecular complexity index is 760. The van der Waals surface area contributed by atoms with Gasteiger partial charge >= 0.3 is 0 Å². The van der Waals surface area contributed by atoms with E-state index in [1.54, 1.807) is 30.3 Å². The summed E-state index contributed by atoms with van der Waals surface area (Å²) in [6.45, 7) is 0.209. The van der Waals surface area contributed by atoms with Crippen LogP contribution in [0.1, 0.15) is 31.2 Å². The monoisotopic (exact) mass is 405 g/mol. The number of aliphatic imine (C=N–C) groups is 1. The zero-order chi connectivity index (χ0) is 17.6. The zero-order valence-corrected chi connectivity index (χ0v) is 15.4. The van der Waals surface area contributed by atoms with Crippen LogP contribution in [0.25, 0.3) is 0 Å².